The van der Waals surface area contributed by atoms with Crippen LogP contribution in [-0.4, -0.2) is 34.9 Å². The first-order valence-corrected chi connectivity index (χ1v) is 6.04. The molecule has 2 aromatic rings. The molecule has 96 valence electrons. The van der Waals surface area contributed by atoms with Gasteiger partial charge in [-0.25, -0.2) is 4.79 Å². The van der Waals surface area contributed by atoms with Crippen LogP contribution < -0.4 is 4.90 Å². The molecule has 1 aliphatic rings. The topological polar surface area (TPSA) is 70.5 Å². The quantitative estimate of drug-likeness (QED) is 0.846. The van der Waals surface area contributed by atoms with Crippen molar-refractivity contribution < 1.29 is 14.7 Å². The van der Waals surface area contributed by atoms with E-state index in [1.165, 1.54) is 0 Å². The third-order valence-electron chi connectivity index (χ3n) is 3.52. The van der Waals surface area contributed by atoms with Gasteiger partial charge >= 0.3 is 5.97 Å². The predicted octanol–water partition coefficient (Wildman–Crippen LogP) is 1.71. The Balaban J connectivity index is 2.14. The van der Waals surface area contributed by atoms with E-state index in [0.29, 0.717) is 29.7 Å². The van der Waals surface area contributed by atoms with E-state index >= 15 is 0 Å². The van der Waals surface area contributed by atoms with Crippen molar-refractivity contribution in [1.82, 2.24) is 4.98 Å². The van der Waals surface area contributed by atoms with Crippen LogP contribution in [0, 0.1) is 0 Å². The van der Waals surface area contributed by atoms with Crippen molar-refractivity contribution in [2.45, 2.75) is 12.5 Å². The lowest BCUT2D eigenvalue weighted by Gasteiger charge is -2.40. The van der Waals surface area contributed by atoms with Crippen LogP contribution in [-0.2, 0) is 4.79 Å². The highest BCUT2D eigenvalue weighted by atomic mass is 16.4. The summed E-state index contributed by atoms with van der Waals surface area (Å²) in [6.07, 6.45) is 2.99. The van der Waals surface area contributed by atoms with Gasteiger partial charge in [0, 0.05) is 18.1 Å². The van der Waals surface area contributed by atoms with E-state index in [1.54, 1.807) is 23.2 Å². The molecular formula is C14H12N2O3. The maximum atomic E-state index is 11.3. The van der Waals surface area contributed by atoms with Gasteiger partial charge in [-0.15, -0.1) is 0 Å². The summed E-state index contributed by atoms with van der Waals surface area (Å²) < 4.78 is 0. The summed E-state index contributed by atoms with van der Waals surface area (Å²) in [6.45, 7) is 0.649. The average molecular weight is 256 g/mol. The summed E-state index contributed by atoms with van der Waals surface area (Å²) in [6, 6.07) is 6.80. The number of aliphatic carboxylic acids is 1. The van der Waals surface area contributed by atoms with E-state index in [2.05, 4.69) is 4.98 Å². The lowest BCUT2D eigenvalue weighted by molar-refractivity contribution is -0.139. The average Bonchev–Trinajstić information content (AvgIpc) is 2.36. The van der Waals surface area contributed by atoms with Crippen LogP contribution >= 0.6 is 0 Å². The minimum Gasteiger partial charge on any atom is -0.480 e. The molecule has 0 bridgehead atoms. The zero-order chi connectivity index (χ0) is 13.4. The first-order chi connectivity index (χ1) is 9.22. The van der Waals surface area contributed by atoms with Gasteiger partial charge in [0.15, 0.2) is 6.29 Å². The maximum Gasteiger partial charge on any atom is 0.326 e. The highest BCUT2D eigenvalue weighted by Gasteiger charge is 2.35. The Morgan fingerprint density at radius 2 is 2.26 bits per heavy atom. The molecule has 5 nitrogen and oxygen atoms in total. The Labute approximate surface area is 109 Å². The van der Waals surface area contributed by atoms with Crippen molar-refractivity contribution in [2.75, 3.05) is 11.4 Å². The number of hydrogen-bond donors (Lipinski definition) is 1. The van der Waals surface area contributed by atoms with Crippen LogP contribution in [0.3, 0.4) is 0 Å². The van der Waals surface area contributed by atoms with Crippen LogP contribution in [0.5, 0.6) is 0 Å². The zero-order valence-corrected chi connectivity index (χ0v) is 10.1. The van der Waals surface area contributed by atoms with Crippen molar-refractivity contribution in [1.29, 1.82) is 0 Å². The summed E-state index contributed by atoms with van der Waals surface area (Å²) in [4.78, 5) is 28.4. The highest BCUT2D eigenvalue weighted by Crippen LogP contribution is 2.32. The number of fused-ring (bicyclic) bond motifs is 1. The summed E-state index contributed by atoms with van der Waals surface area (Å²) in [7, 11) is 0. The number of benzene rings is 1. The Morgan fingerprint density at radius 1 is 1.42 bits per heavy atom. The zero-order valence-electron chi connectivity index (χ0n) is 10.1. The molecule has 0 saturated carbocycles. The molecular weight excluding hydrogens is 244 g/mol. The fraction of sp³-hybridized carbons (Fsp3) is 0.214. The predicted molar refractivity (Wildman–Crippen MR) is 70.5 cm³/mol. The smallest absolute Gasteiger partial charge is 0.326 e. The highest BCUT2D eigenvalue weighted by molar-refractivity contribution is 6.02. The number of hydrogen-bond acceptors (Lipinski definition) is 4. The van der Waals surface area contributed by atoms with Gasteiger partial charge in [0.25, 0.3) is 0 Å². The fourth-order valence-corrected chi connectivity index (χ4v) is 2.46. The molecule has 1 atom stereocenters. The second kappa shape index (κ2) is 4.35. The van der Waals surface area contributed by atoms with E-state index in [-0.39, 0.29) is 0 Å². The molecule has 1 aliphatic heterocycles. The molecule has 2 heterocycles. The molecule has 1 fully saturated rings. The second-order valence-corrected chi connectivity index (χ2v) is 4.53. The molecule has 1 N–H and O–H groups in total. The Kier molecular flexibility index (Phi) is 2.67. The number of aldehydes is 1. The lowest BCUT2D eigenvalue weighted by Crippen LogP contribution is -2.52. The van der Waals surface area contributed by atoms with Crippen molar-refractivity contribution in [3.05, 3.63) is 36.0 Å². The van der Waals surface area contributed by atoms with Crippen molar-refractivity contribution in [2.24, 2.45) is 0 Å². The number of carbonyl (C=O) groups is 2. The SMILES string of the molecule is O=Cc1c(N2CCC2C(=O)O)ccc2cccnc12. The molecule has 5 heteroatoms. The van der Waals surface area contributed by atoms with Crippen LogP contribution in [0.1, 0.15) is 16.8 Å². The normalized spacial score (nSPS) is 18.1. The maximum absolute atomic E-state index is 11.3. The van der Waals surface area contributed by atoms with E-state index in [9.17, 15) is 9.59 Å². The van der Waals surface area contributed by atoms with Crippen LogP contribution in [0.2, 0.25) is 0 Å². The van der Waals surface area contributed by atoms with Gasteiger partial charge in [-0.3, -0.25) is 9.78 Å². The third-order valence-corrected chi connectivity index (χ3v) is 3.52. The number of carboxylic acids is 1. The molecule has 0 spiro atoms. The van der Waals surface area contributed by atoms with E-state index in [1.807, 2.05) is 12.1 Å². The standard InChI is InChI=1S/C14H12N2O3/c17-8-10-11(16-7-5-12(16)14(18)19)4-3-9-2-1-6-15-13(9)10/h1-4,6,8,12H,5,7H2,(H,18,19). The number of aromatic nitrogens is 1. The van der Waals surface area contributed by atoms with Gasteiger partial charge in [0.1, 0.15) is 6.04 Å². The Bertz CT molecular complexity index is 669. The monoisotopic (exact) mass is 256 g/mol. The van der Waals surface area contributed by atoms with E-state index in [0.717, 1.165) is 11.7 Å². The first-order valence-electron chi connectivity index (χ1n) is 6.04. The summed E-state index contributed by atoms with van der Waals surface area (Å²) in [5, 5.41) is 9.97. The minimum atomic E-state index is -0.857. The molecule has 0 amide bonds. The van der Waals surface area contributed by atoms with E-state index < -0.39 is 12.0 Å². The van der Waals surface area contributed by atoms with Gasteiger partial charge in [-0.2, -0.15) is 0 Å². The molecule has 1 saturated heterocycles. The van der Waals surface area contributed by atoms with Crippen molar-refractivity contribution in [3.63, 3.8) is 0 Å². The van der Waals surface area contributed by atoms with Gasteiger partial charge in [0.05, 0.1) is 16.8 Å². The lowest BCUT2D eigenvalue weighted by atomic mass is 9.98. The van der Waals surface area contributed by atoms with Gasteiger partial charge in [-0.1, -0.05) is 12.1 Å². The number of anilines is 1. The van der Waals surface area contributed by atoms with Gasteiger partial charge in [-0.05, 0) is 18.6 Å². The molecule has 1 aromatic heterocycles. The molecule has 3 rings (SSSR count). The summed E-state index contributed by atoms with van der Waals surface area (Å²) in [5.74, 6) is -0.857. The summed E-state index contributed by atoms with van der Waals surface area (Å²) in [5.41, 5.74) is 1.73. The summed E-state index contributed by atoms with van der Waals surface area (Å²) >= 11 is 0. The second-order valence-electron chi connectivity index (χ2n) is 4.53. The fourth-order valence-electron chi connectivity index (χ4n) is 2.46. The molecule has 0 aliphatic carbocycles. The van der Waals surface area contributed by atoms with Crippen LogP contribution in [0.25, 0.3) is 10.9 Å². The molecule has 19 heavy (non-hydrogen) atoms. The van der Waals surface area contributed by atoms with E-state index in [4.69, 9.17) is 5.11 Å². The van der Waals surface area contributed by atoms with Crippen molar-refractivity contribution >= 4 is 28.8 Å². The third kappa shape index (κ3) is 1.74. The van der Waals surface area contributed by atoms with Gasteiger partial charge < -0.3 is 10.0 Å². The largest absolute Gasteiger partial charge is 0.480 e. The number of nitrogens with zero attached hydrogens (tertiary/aromatic N) is 2. The minimum absolute atomic E-state index is 0.462. The molecule has 1 unspecified atom stereocenters. The van der Waals surface area contributed by atoms with Crippen LogP contribution in [0.4, 0.5) is 5.69 Å². The number of pyridine rings is 1. The number of carboxylic acid groups (broad SMARTS) is 1. The first kappa shape index (κ1) is 11.6. The number of rotatable bonds is 3. The molecule has 1 aromatic carbocycles. The Hall–Kier alpha value is -2.43. The van der Waals surface area contributed by atoms with Gasteiger partial charge in [0.2, 0.25) is 0 Å². The van der Waals surface area contributed by atoms with Crippen molar-refractivity contribution in [3.8, 4) is 0 Å². The van der Waals surface area contributed by atoms with Crippen LogP contribution in [0.15, 0.2) is 30.5 Å². The Morgan fingerprint density at radius 3 is 2.89 bits per heavy atom. The molecule has 0 radical (unpaired) electrons. The number of carbonyl (C=O) groups excluding carboxylic acids is 1.